The van der Waals surface area contributed by atoms with Crippen molar-refractivity contribution in [2.45, 2.75) is 13.0 Å². The Kier molecular flexibility index (Phi) is 5.56. The summed E-state index contributed by atoms with van der Waals surface area (Å²) in [5, 5.41) is 2.11. The minimum absolute atomic E-state index is 0.402. The predicted molar refractivity (Wildman–Crippen MR) is 103 cm³/mol. The molecule has 138 valence electrons. The molecule has 0 aliphatic rings. The lowest BCUT2D eigenvalue weighted by Gasteiger charge is -2.15. The number of amides is 2. The highest BCUT2D eigenvalue weighted by molar-refractivity contribution is 5.95. The molecule has 2 N–H and O–H groups in total. The van der Waals surface area contributed by atoms with E-state index in [1.165, 1.54) is 0 Å². The van der Waals surface area contributed by atoms with Crippen LogP contribution in [0.15, 0.2) is 66.7 Å². The van der Waals surface area contributed by atoms with Gasteiger partial charge in [-0.2, -0.15) is 0 Å². The second kappa shape index (κ2) is 8.23. The Hall–Kier alpha value is -3.54. The molecule has 6 heteroatoms. The van der Waals surface area contributed by atoms with Gasteiger partial charge in [0.15, 0.2) is 6.10 Å². The molecule has 0 heterocycles. The number of benzene rings is 3. The number of carbonyl (C=O) groups excluding carboxylic acids is 2. The number of methoxy groups -OCH3 is 1. The maximum atomic E-state index is 12.2. The molecule has 0 unspecified atom stereocenters. The van der Waals surface area contributed by atoms with E-state index in [1.54, 1.807) is 38.3 Å². The first-order chi connectivity index (χ1) is 13.1. The van der Waals surface area contributed by atoms with E-state index in [1.807, 2.05) is 42.5 Å². The second-order valence-electron chi connectivity index (χ2n) is 5.94. The van der Waals surface area contributed by atoms with Gasteiger partial charge in [-0.25, -0.2) is 0 Å². The largest absolute Gasteiger partial charge is 0.497 e. The maximum absolute atomic E-state index is 12.2. The Bertz CT molecular complexity index is 954. The second-order valence-corrected chi connectivity index (χ2v) is 5.94. The Balaban J connectivity index is 1.55. The van der Waals surface area contributed by atoms with Crippen LogP contribution in [-0.2, 0) is 4.79 Å². The Labute approximate surface area is 157 Å². The summed E-state index contributed by atoms with van der Waals surface area (Å²) in [6.07, 6.45) is -0.776. The zero-order chi connectivity index (χ0) is 19.2. The van der Waals surface area contributed by atoms with Gasteiger partial charge in [-0.05, 0) is 54.1 Å². The first-order valence-electron chi connectivity index (χ1n) is 8.46. The van der Waals surface area contributed by atoms with E-state index in [-0.39, 0.29) is 0 Å². The molecular weight excluding hydrogens is 344 g/mol. The molecule has 0 bridgehead atoms. The molecule has 3 rings (SSSR count). The van der Waals surface area contributed by atoms with Crippen molar-refractivity contribution in [1.29, 1.82) is 0 Å². The van der Waals surface area contributed by atoms with E-state index in [0.29, 0.717) is 17.1 Å². The molecule has 0 aromatic heterocycles. The summed E-state index contributed by atoms with van der Waals surface area (Å²) in [4.78, 5) is 24.2. The van der Waals surface area contributed by atoms with Crippen LogP contribution >= 0.6 is 0 Å². The third-order valence-electron chi connectivity index (χ3n) is 4.05. The lowest BCUT2D eigenvalue weighted by atomic mass is 10.1. The summed E-state index contributed by atoms with van der Waals surface area (Å²) in [6, 6.07) is 20.0. The highest BCUT2D eigenvalue weighted by Gasteiger charge is 2.16. The van der Waals surface area contributed by atoms with Gasteiger partial charge in [-0.15, -0.1) is 0 Å². The lowest BCUT2D eigenvalue weighted by molar-refractivity contribution is -0.128. The standard InChI is InChI=1S/C21H20N2O4/c1-14(27-19-12-7-15-5-3-4-6-17(15)13-19)20(24)22-23-21(25)16-8-10-18(26-2)11-9-16/h3-14H,1-2H3,(H,22,24)(H,23,25)/t14-/m0/s1. The molecule has 27 heavy (non-hydrogen) atoms. The van der Waals surface area contributed by atoms with Crippen LogP contribution in [0.4, 0.5) is 0 Å². The fourth-order valence-electron chi connectivity index (χ4n) is 2.53. The van der Waals surface area contributed by atoms with Gasteiger partial charge in [0.25, 0.3) is 11.8 Å². The molecule has 0 spiro atoms. The molecular formula is C21H20N2O4. The van der Waals surface area contributed by atoms with Crippen molar-refractivity contribution < 1.29 is 19.1 Å². The summed E-state index contributed by atoms with van der Waals surface area (Å²) < 4.78 is 10.7. The molecule has 0 radical (unpaired) electrons. The average molecular weight is 364 g/mol. The smallest absolute Gasteiger partial charge is 0.279 e. The number of hydrogen-bond donors (Lipinski definition) is 2. The minimum atomic E-state index is -0.776. The van der Waals surface area contributed by atoms with E-state index in [0.717, 1.165) is 10.8 Å². The fraction of sp³-hybridized carbons (Fsp3) is 0.143. The number of carbonyl (C=O) groups is 2. The number of rotatable bonds is 5. The average Bonchev–Trinajstić information content (AvgIpc) is 2.71. The van der Waals surface area contributed by atoms with Crippen LogP contribution in [0.3, 0.4) is 0 Å². The number of ether oxygens (including phenoxy) is 2. The van der Waals surface area contributed by atoms with Crippen molar-refractivity contribution in [1.82, 2.24) is 10.9 Å². The minimum Gasteiger partial charge on any atom is -0.497 e. The van der Waals surface area contributed by atoms with Gasteiger partial charge in [0.1, 0.15) is 11.5 Å². The Morgan fingerprint density at radius 1 is 0.852 bits per heavy atom. The third-order valence-corrected chi connectivity index (χ3v) is 4.05. The predicted octanol–water partition coefficient (Wildman–Crippen LogP) is 3.08. The summed E-state index contributed by atoms with van der Waals surface area (Å²) >= 11 is 0. The summed E-state index contributed by atoms with van der Waals surface area (Å²) in [6.45, 7) is 1.62. The van der Waals surface area contributed by atoms with Gasteiger partial charge in [-0.1, -0.05) is 30.3 Å². The van der Waals surface area contributed by atoms with Crippen molar-refractivity contribution in [3.05, 3.63) is 72.3 Å². The quantitative estimate of drug-likeness (QED) is 0.682. The van der Waals surface area contributed by atoms with Crippen molar-refractivity contribution in [2.75, 3.05) is 7.11 Å². The van der Waals surface area contributed by atoms with Gasteiger partial charge in [0.05, 0.1) is 7.11 Å². The summed E-state index contributed by atoms with van der Waals surface area (Å²) in [5.41, 5.74) is 5.15. The van der Waals surface area contributed by atoms with Crippen molar-refractivity contribution in [3.63, 3.8) is 0 Å². The van der Waals surface area contributed by atoms with E-state index < -0.39 is 17.9 Å². The first kappa shape index (κ1) is 18.3. The van der Waals surface area contributed by atoms with Gasteiger partial charge >= 0.3 is 0 Å². The van der Waals surface area contributed by atoms with Crippen LogP contribution < -0.4 is 20.3 Å². The van der Waals surface area contributed by atoms with Crippen LogP contribution in [0.1, 0.15) is 17.3 Å². The zero-order valence-corrected chi connectivity index (χ0v) is 15.1. The molecule has 0 saturated heterocycles. The van der Waals surface area contributed by atoms with Crippen molar-refractivity contribution in [3.8, 4) is 11.5 Å². The van der Waals surface area contributed by atoms with Gasteiger partial charge in [0, 0.05) is 5.56 Å². The number of hydrogen-bond acceptors (Lipinski definition) is 4. The molecule has 6 nitrogen and oxygen atoms in total. The van der Waals surface area contributed by atoms with E-state index in [9.17, 15) is 9.59 Å². The molecule has 3 aromatic carbocycles. The number of fused-ring (bicyclic) bond motifs is 1. The Morgan fingerprint density at radius 2 is 1.52 bits per heavy atom. The molecule has 0 aliphatic carbocycles. The first-order valence-corrected chi connectivity index (χ1v) is 8.46. The van der Waals surface area contributed by atoms with Crippen LogP contribution in [-0.4, -0.2) is 25.0 Å². The molecule has 0 fully saturated rings. The van der Waals surface area contributed by atoms with E-state index in [4.69, 9.17) is 9.47 Å². The van der Waals surface area contributed by atoms with Gasteiger partial charge < -0.3 is 9.47 Å². The van der Waals surface area contributed by atoms with Crippen molar-refractivity contribution in [2.24, 2.45) is 0 Å². The number of hydrazine groups is 1. The highest BCUT2D eigenvalue weighted by atomic mass is 16.5. The lowest BCUT2D eigenvalue weighted by Crippen LogP contribution is -2.47. The maximum Gasteiger partial charge on any atom is 0.279 e. The van der Waals surface area contributed by atoms with E-state index in [2.05, 4.69) is 10.9 Å². The monoisotopic (exact) mass is 364 g/mol. The van der Waals surface area contributed by atoms with Gasteiger partial charge in [-0.3, -0.25) is 20.4 Å². The summed E-state index contributed by atoms with van der Waals surface area (Å²) in [5.74, 6) is 0.347. The number of nitrogens with one attached hydrogen (secondary N) is 2. The molecule has 1 atom stereocenters. The van der Waals surface area contributed by atoms with Crippen LogP contribution in [0.25, 0.3) is 10.8 Å². The van der Waals surface area contributed by atoms with E-state index >= 15 is 0 Å². The normalized spacial score (nSPS) is 11.5. The molecule has 2 amide bonds. The zero-order valence-electron chi connectivity index (χ0n) is 15.1. The summed E-state index contributed by atoms with van der Waals surface area (Å²) in [7, 11) is 1.55. The SMILES string of the molecule is COc1ccc(C(=O)NNC(=O)[C@H](C)Oc2ccc3ccccc3c2)cc1. The highest BCUT2D eigenvalue weighted by Crippen LogP contribution is 2.21. The van der Waals surface area contributed by atoms with Crippen LogP contribution in [0, 0.1) is 0 Å². The third kappa shape index (κ3) is 4.55. The molecule has 0 aliphatic heterocycles. The molecule has 0 saturated carbocycles. The van der Waals surface area contributed by atoms with Crippen LogP contribution in [0.5, 0.6) is 11.5 Å². The van der Waals surface area contributed by atoms with Gasteiger partial charge in [0.2, 0.25) is 0 Å². The molecule has 3 aromatic rings. The van der Waals surface area contributed by atoms with Crippen LogP contribution in [0.2, 0.25) is 0 Å². The van der Waals surface area contributed by atoms with Crippen molar-refractivity contribution >= 4 is 22.6 Å². The fourth-order valence-corrected chi connectivity index (χ4v) is 2.53. The Morgan fingerprint density at radius 3 is 2.22 bits per heavy atom. The topological polar surface area (TPSA) is 76.7 Å².